The monoisotopic (exact) mass is 171 g/mol. The van der Waals surface area contributed by atoms with Crippen LogP contribution >= 0.6 is 0 Å². The van der Waals surface area contributed by atoms with Crippen LogP contribution < -0.4 is 10.6 Å². The molecule has 2 aliphatic heterocycles. The van der Waals surface area contributed by atoms with Gasteiger partial charge >= 0.3 is 0 Å². The SMILES string of the molecule is C1=COON=C1.C1CNCCN1. The van der Waals surface area contributed by atoms with Crippen molar-refractivity contribution in [2.24, 2.45) is 5.16 Å². The Morgan fingerprint density at radius 3 is 1.92 bits per heavy atom. The zero-order valence-electron chi connectivity index (χ0n) is 6.82. The third-order valence-corrected chi connectivity index (χ3v) is 1.32. The van der Waals surface area contributed by atoms with E-state index in [1.54, 1.807) is 6.08 Å². The molecule has 0 unspecified atom stereocenters. The zero-order valence-corrected chi connectivity index (χ0v) is 6.82. The standard InChI is InChI=1S/C4H10N2.C3H3NO2/c1-2-6-4-3-5-1;1-2-4-6-5-3-1/h5-6H,1-4H2;1-3H. The van der Waals surface area contributed by atoms with E-state index in [9.17, 15) is 0 Å². The first-order chi connectivity index (χ1) is 6.00. The molecule has 2 rings (SSSR count). The lowest BCUT2D eigenvalue weighted by molar-refractivity contribution is -0.251. The van der Waals surface area contributed by atoms with E-state index in [2.05, 4.69) is 25.7 Å². The number of nitrogens with one attached hydrogen (secondary N) is 2. The van der Waals surface area contributed by atoms with Crippen molar-refractivity contribution in [2.75, 3.05) is 26.2 Å². The number of rotatable bonds is 0. The molecule has 5 heteroatoms. The quantitative estimate of drug-likeness (QED) is 0.488. The van der Waals surface area contributed by atoms with Crippen molar-refractivity contribution in [1.82, 2.24) is 10.6 Å². The van der Waals surface area contributed by atoms with Gasteiger partial charge in [0.15, 0.2) is 0 Å². The van der Waals surface area contributed by atoms with Gasteiger partial charge in [-0.25, -0.2) is 0 Å². The highest BCUT2D eigenvalue weighted by Crippen LogP contribution is 1.84. The van der Waals surface area contributed by atoms with Crippen LogP contribution in [0.5, 0.6) is 0 Å². The maximum absolute atomic E-state index is 4.19. The highest BCUT2D eigenvalue weighted by atomic mass is 17.3. The average molecular weight is 171 g/mol. The third-order valence-electron chi connectivity index (χ3n) is 1.32. The van der Waals surface area contributed by atoms with Crippen LogP contribution in [0.2, 0.25) is 0 Å². The molecule has 0 saturated carbocycles. The number of hydrogen-bond donors (Lipinski definition) is 2. The van der Waals surface area contributed by atoms with Crippen LogP contribution in [0.4, 0.5) is 0 Å². The van der Waals surface area contributed by atoms with Gasteiger partial charge in [0.1, 0.15) is 6.26 Å². The molecule has 1 saturated heterocycles. The molecule has 0 aliphatic carbocycles. The van der Waals surface area contributed by atoms with E-state index in [0.29, 0.717) is 0 Å². The van der Waals surface area contributed by atoms with Crippen LogP contribution in [0, 0.1) is 0 Å². The number of nitrogens with zero attached hydrogens (tertiary/aromatic N) is 1. The van der Waals surface area contributed by atoms with Crippen LogP contribution in [0.1, 0.15) is 0 Å². The Bertz CT molecular complexity index is 131. The van der Waals surface area contributed by atoms with Crippen molar-refractivity contribution in [3.05, 3.63) is 12.3 Å². The second-order valence-corrected chi connectivity index (χ2v) is 2.25. The molecule has 12 heavy (non-hydrogen) atoms. The molecular weight excluding hydrogens is 158 g/mol. The molecule has 0 amide bonds. The zero-order chi connectivity index (χ0) is 8.49. The van der Waals surface area contributed by atoms with Gasteiger partial charge in [-0.05, 0) is 11.2 Å². The van der Waals surface area contributed by atoms with Crippen LogP contribution in [0.15, 0.2) is 17.5 Å². The van der Waals surface area contributed by atoms with Crippen molar-refractivity contribution in [3.8, 4) is 0 Å². The van der Waals surface area contributed by atoms with Crippen LogP contribution in [-0.2, 0) is 9.88 Å². The van der Waals surface area contributed by atoms with Crippen LogP contribution in [0.3, 0.4) is 0 Å². The summed E-state index contributed by atoms with van der Waals surface area (Å²) in [5.41, 5.74) is 0. The highest BCUT2D eigenvalue weighted by Gasteiger charge is 1.91. The van der Waals surface area contributed by atoms with E-state index in [1.165, 1.54) is 12.5 Å². The van der Waals surface area contributed by atoms with E-state index in [-0.39, 0.29) is 0 Å². The molecule has 0 aromatic carbocycles. The molecule has 0 aromatic rings. The summed E-state index contributed by atoms with van der Waals surface area (Å²) in [6.45, 7) is 4.56. The van der Waals surface area contributed by atoms with Crippen molar-refractivity contribution < 1.29 is 9.88 Å². The van der Waals surface area contributed by atoms with E-state index < -0.39 is 0 Å². The molecule has 2 heterocycles. The van der Waals surface area contributed by atoms with Crippen LogP contribution in [-0.4, -0.2) is 32.4 Å². The topological polar surface area (TPSA) is 54.9 Å². The van der Waals surface area contributed by atoms with Crippen molar-refractivity contribution in [1.29, 1.82) is 0 Å². The first-order valence-electron chi connectivity index (χ1n) is 3.92. The van der Waals surface area contributed by atoms with Gasteiger partial charge in [-0.1, -0.05) is 0 Å². The minimum atomic E-state index is 1.14. The minimum Gasteiger partial charge on any atom is -0.314 e. The fourth-order valence-electron chi connectivity index (χ4n) is 0.780. The lowest BCUT2D eigenvalue weighted by Crippen LogP contribution is -2.39. The molecule has 5 nitrogen and oxygen atoms in total. The van der Waals surface area contributed by atoms with Gasteiger partial charge in [0.05, 0.1) is 6.21 Å². The predicted octanol–water partition coefficient (Wildman–Crippen LogP) is -0.373. The fraction of sp³-hybridized carbons (Fsp3) is 0.571. The maximum atomic E-state index is 4.19. The van der Waals surface area contributed by atoms with E-state index in [0.717, 1.165) is 26.2 Å². The summed E-state index contributed by atoms with van der Waals surface area (Å²) in [5, 5.41) is 9.69. The van der Waals surface area contributed by atoms with Gasteiger partial charge in [-0.3, -0.25) is 4.89 Å². The van der Waals surface area contributed by atoms with Gasteiger partial charge in [0.2, 0.25) is 0 Å². The Balaban J connectivity index is 0.000000120. The van der Waals surface area contributed by atoms with E-state index >= 15 is 0 Å². The highest BCUT2D eigenvalue weighted by molar-refractivity contribution is 5.70. The summed E-state index contributed by atoms with van der Waals surface area (Å²) in [7, 11) is 0. The van der Waals surface area contributed by atoms with Crippen molar-refractivity contribution in [3.63, 3.8) is 0 Å². The van der Waals surface area contributed by atoms with Gasteiger partial charge in [0, 0.05) is 26.2 Å². The predicted molar refractivity (Wildman–Crippen MR) is 45.5 cm³/mol. The molecule has 68 valence electrons. The number of piperazine rings is 1. The van der Waals surface area contributed by atoms with Gasteiger partial charge in [0.25, 0.3) is 0 Å². The molecule has 0 bridgehead atoms. The summed E-state index contributed by atoms with van der Waals surface area (Å²) in [6.07, 6.45) is 4.51. The molecule has 0 radical (unpaired) electrons. The second-order valence-electron chi connectivity index (χ2n) is 2.25. The molecule has 2 N–H and O–H groups in total. The van der Waals surface area contributed by atoms with Gasteiger partial charge in [-0.15, -0.1) is 0 Å². The second kappa shape index (κ2) is 6.63. The summed E-state index contributed by atoms with van der Waals surface area (Å²) in [4.78, 5) is 8.24. The summed E-state index contributed by atoms with van der Waals surface area (Å²) in [6, 6.07) is 0. The fourth-order valence-corrected chi connectivity index (χ4v) is 0.780. The molecule has 0 atom stereocenters. The van der Waals surface area contributed by atoms with Gasteiger partial charge < -0.3 is 10.6 Å². The Morgan fingerprint density at radius 2 is 1.75 bits per heavy atom. The molecular formula is C7H13N3O2. The minimum absolute atomic E-state index is 1.14. The lowest BCUT2D eigenvalue weighted by Gasteiger charge is -2.11. The molecule has 0 aromatic heterocycles. The number of oxime groups is 1. The first kappa shape index (κ1) is 9.02. The largest absolute Gasteiger partial charge is 0.314 e. The summed E-state index contributed by atoms with van der Waals surface area (Å²) in [5.74, 6) is 0. The van der Waals surface area contributed by atoms with Gasteiger partial charge in [-0.2, -0.15) is 4.99 Å². The molecule has 0 spiro atoms. The van der Waals surface area contributed by atoms with Crippen LogP contribution in [0.25, 0.3) is 0 Å². The Kier molecular flexibility index (Phi) is 4.98. The Morgan fingerprint density at radius 1 is 1.08 bits per heavy atom. The van der Waals surface area contributed by atoms with Crippen molar-refractivity contribution >= 4 is 6.21 Å². The normalized spacial score (nSPS) is 20.0. The number of hydrogen-bond acceptors (Lipinski definition) is 5. The first-order valence-corrected chi connectivity index (χ1v) is 3.92. The summed E-state index contributed by atoms with van der Waals surface area (Å²) >= 11 is 0. The smallest absolute Gasteiger partial charge is 0.147 e. The maximum Gasteiger partial charge on any atom is 0.147 e. The Hall–Kier alpha value is -1.07. The average Bonchev–Trinajstić information content (AvgIpc) is 2.24. The third kappa shape index (κ3) is 4.70. The van der Waals surface area contributed by atoms with Crippen molar-refractivity contribution in [2.45, 2.75) is 0 Å². The summed E-state index contributed by atoms with van der Waals surface area (Å²) < 4.78 is 0. The van der Waals surface area contributed by atoms with E-state index in [1.807, 2.05) is 0 Å². The lowest BCUT2D eigenvalue weighted by atomic mass is 10.4. The molecule has 2 aliphatic rings. The Labute approximate surface area is 71.3 Å². The number of allylic oxidation sites excluding steroid dienone is 1. The molecule has 1 fully saturated rings. The van der Waals surface area contributed by atoms with E-state index in [4.69, 9.17) is 0 Å².